The predicted octanol–water partition coefficient (Wildman–Crippen LogP) is 3.05. The fraction of sp³-hybridized carbons (Fsp3) is 0.308. The molecule has 0 amide bonds. The molecule has 90 valence electrons. The van der Waals surface area contributed by atoms with Crippen molar-refractivity contribution >= 4 is 15.9 Å². The first kappa shape index (κ1) is 12.3. The Bertz CT molecular complexity index is 561. The molecule has 4 heteroatoms. The molecule has 1 heterocycles. The lowest BCUT2D eigenvalue weighted by Crippen LogP contribution is -2.00. The number of aromatic nitrogens is 2. The molecule has 0 aliphatic rings. The van der Waals surface area contributed by atoms with Crippen LogP contribution in [0.2, 0.25) is 0 Å². The van der Waals surface area contributed by atoms with Crippen molar-refractivity contribution in [1.29, 1.82) is 0 Å². The Kier molecular flexibility index (Phi) is 3.35. The van der Waals surface area contributed by atoms with Gasteiger partial charge in [0.15, 0.2) is 0 Å². The molecule has 0 aliphatic heterocycles. The lowest BCUT2D eigenvalue weighted by atomic mass is 10.2. The Balaban J connectivity index is 2.57. The highest BCUT2D eigenvalue weighted by Crippen LogP contribution is 2.22. The van der Waals surface area contributed by atoms with E-state index in [9.17, 15) is 5.11 Å². The Morgan fingerprint density at radius 2 is 2.00 bits per heavy atom. The molecule has 0 saturated heterocycles. The topological polar surface area (TPSA) is 38.0 Å². The summed E-state index contributed by atoms with van der Waals surface area (Å²) in [6, 6.07) is 6.10. The van der Waals surface area contributed by atoms with Gasteiger partial charge < -0.3 is 5.11 Å². The Labute approximate surface area is 109 Å². The fourth-order valence-electron chi connectivity index (χ4n) is 1.92. The molecule has 0 spiro atoms. The van der Waals surface area contributed by atoms with Crippen LogP contribution in [0, 0.1) is 20.8 Å². The second kappa shape index (κ2) is 4.63. The standard InChI is InChI=1S/C13H15BrN2O/c1-8-6-11(4-5-13(8)14)16-10(3)12(7-17)9(2)15-16/h4-6,17H,7H2,1-3H3. The van der Waals surface area contributed by atoms with Gasteiger partial charge in [0, 0.05) is 15.7 Å². The Morgan fingerprint density at radius 3 is 2.53 bits per heavy atom. The largest absolute Gasteiger partial charge is 0.392 e. The van der Waals surface area contributed by atoms with Gasteiger partial charge in [-0.2, -0.15) is 5.10 Å². The Morgan fingerprint density at radius 1 is 1.29 bits per heavy atom. The lowest BCUT2D eigenvalue weighted by Gasteiger charge is -2.07. The molecule has 3 nitrogen and oxygen atoms in total. The van der Waals surface area contributed by atoms with Crippen LogP contribution in [0.15, 0.2) is 22.7 Å². The summed E-state index contributed by atoms with van der Waals surface area (Å²) in [4.78, 5) is 0. The number of aliphatic hydroxyl groups is 1. The number of rotatable bonds is 2. The molecule has 0 saturated carbocycles. The van der Waals surface area contributed by atoms with E-state index in [1.165, 1.54) is 5.56 Å². The molecule has 0 aliphatic carbocycles. The van der Waals surface area contributed by atoms with E-state index in [1.54, 1.807) is 0 Å². The number of aryl methyl sites for hydroxylation is 2. The van der Waals surface area contributed by atoms with Crippen LogP contribution in [0.5, 0.6) is 0 Å². The summed E-state index contributed by atoms with van der Waals surface area (Å²) in [5.74, 6) is 0. The summed E-state index contributed by atoms with van der Waals surface area (Å²) in [5, 5.41) is 13.8. The van der Waals surface area contributed by atoms with Gasteiger partial charge in [-0.15, -0.1) is 0 Å². The second-order valence-corrected chi connectivity index (χ2v) is 5.01. The van der Waals surface area contributed by atoms with Gasteiger partial charge in [-0.1, -0.05) is 15.9 Å². The molecule has 1 aromatic heterocycles. The normalized spacial score (nSPS) is 10.9. The number of aliphatic hydroxyl groups excluding tert-OH is 1. The number of hydrogen-bond acceptors (Lipinski definition) is 2. The number of nitrogens with zero attached hydrogens (tertiary/aromatic N) is 2. The van der Waals surface area contributed by atoms with Crippen molar-refractivity contribution in [2.45, 2.75) is 27.4 Å². The number of benzene rings is 1. The van der Waals surface area contributed by atoms with Crippen LogP contribution < -0.4 is 0 Å². The van der Waals surface area contributed by atoms with Crippen LogP contribution in [-0.4, -0.2) is 14.9 Å². The van der Waals surface area contributed by atoms with Crippen molar-refractivity contribution in [3.05, 3.63) is 45.2 Å². The SMILES string of the molecule is Cc1cc(-n2nc(C)c(CO)c2C)ccc1Br. The molecule has 0 bridgehead atoms. The van der Waals surface area contributed by atoms with Gasteiger partial charge in [-0.25, -0.2) is 4.68 Å². The molecule has 0 atom stereocenters. The van der Waals surface area contributed by atoms with Gasteiger partial charge in [-0.05, 0) is 44.5 Å². The molecule has 2 rings (SSSR count). The van der Waals surface area contributed by atoms with Crippen molar-refractivity contribution in [1.82, 2.24) is 9.78 Å². The van der Waals surface area contributed by atoms with Gasteiger partial charge in [0.1, 0.15) is 0 Å². The zero-order chi connectivity index (χ0) is 12.6. The maximum atomic E-state index is 9.30. The minimum Gasteiger partial charge on any atom is -0.392 e. The summed E-state index contributed by atoms with van der Waals surface area (Å²) in [6.45, 7) is 5.98. The summed E-state index contributed by atoms with van der Waals surface area (Å²) in [5.41, 5.74) is 4.97. The average molecular weight is 295 g/mol. The Hall–Kier alpha value is -1.13. The minimum atomic E-state index is 0.0349. The van der Waals surface area contributed by atoms with Crippen molar-refractivity contribution < 1.29 is 5.11 Å². The van der Waals surface area contributed by atoms with Crippen LogP contribution >= 0.6 is 15.9 Å². The maximum Gasteiger partial charge on any atom is 0.0718 e. The van der Waals surface area contributed by atoms with Gasteiger partial charge in [0.25, 0.3) is 0 Å². The van der Waals surface area contributed by atoms with Crippen LogP contribution in [-0.2, 0) is 6.61 Å². The molecule has 2 aromatic rings. The number of halogens is 1. The molecule has 0 radical (unpaired) electrons. The first-order valence-electron chi connectivity index (χ1n) is 5.47. The molecule has 0 fully saturated rings. The van der Waals surface area contributed by atoms with Crippen LogP contribution in [0.1, 0.15) is 22.5 Å². The monoisotopic (exact) mass is 294 g/mol. The average Bonchev–Trinajstić information content (AvgIpc) is 2.58. The summed E-state index contributed by atoms with van der Waals surface area (Å²) >= 11 is 3.48. The quantitative estimate of drug-likeness (QED) is 0.924. The molecular formula is C13H15BrN2O. The summed E-state index contributed by atoms with van der Waals surface area (Å²) in [6.07, 6.45) is 0. The van der Waals surface area contributed by atoms with E-state index in [0.717, 1.165) is 27.1 Å². The lowest BCUT2D eigenvalue weighted by molar-refractivity contribution is 0.280. The summed E-state index contributed by atoms with van der Waals surface area (Å²) in [7, 11) is 0. The third kappa shape index (κ3) is 2.15. The maximum absolute atomic E-state index is 9.30. The highest BCUT2D eigenvalue weighted by molar-refractivity contribution is 9.10. The van der Waals surface area contributed by atoms with Crippen molar-refractivity contribution in [2.24, 2.45) is 0 Å². The van der Waals surface area contributed by atoms with E-state index in [2.05, 4.69) is 27.1 Å². The summed E-state index contributed by atoms with van der Waals surface area (Å²) < 4.78 is 2.96. The van der Waals surface area contributed by atoms with Crippen molar-refractivity contribution in [3.63, 3.8) is 0 Å². The highest BCUT2D eigenvalue weighted by atomic mass is 79.9. The van der Waals surface area contributed by atoms with Gasteiger partial charge in [0.05, 0.1) is 18.0 Å². The molecule has 0 unspecified atom stereocenters. The first-order valence-corrected chi connectivity index (χ1v) is 6.26. The van der Waals surface area contributed by atoms with E-state index in [1.807, 2.05) is 37.6 Å². The zero-order valence-electron chi connectivity index (χ0n) is 10.2. The van der Waals surface area contributed by atoms with Crippen LogP contribution in [0.4, 0.5) is 0 Å². The molecular weight excluding hydrogens is 280 g/mol. The smallest absolute Gasteiger partial charge is 0.0718 e. The van der Waals surface area contributed by atoms with Gasteiger partial charge >= 0.3 is 0 Å². The second-order valence-electron chi connectivity index (χ2n) is 4.15. The predicted molar refractivity (Wildman–Crippen MR) is 71.4 cm³/mol. The van der Waals surface area contributed by atoms with Crippen LogP contribution in [0.25, 0.3) is 5.69 Å². The zero-order valence-corrected chi connectivity index (χ0v) is 11.7. The third-order valence-electron chi connectivity index (χ3n) is 2.99. The van der Waals surface area contributed by atoms with Crippen molar-refractivity contribution in [3.8, 4) is 5.69 Å². The molecule has 1 aromatic carbocycles. The minimum absolute atomic E-state index is 0.0349. The molecule has 1 N–H and O–H groups in total. The number of hydrogen-bond donors (Lipinski definition) is 1. The van der Waals surface area contributed by atoms with Crippen molar-refractivity contribution in [2.75, 3.05) is 0 Å². The van der Waals surface area contributed by atoms with E-state index >= 15 is 0 Å². The third-order valence-corrected chi connectivity index (χ3v) is 3.88. The van der Waals surface area contributed by atoms with Gasteiger partial charge in [0.2, 0.25) is 0 Å². The highest BCUT2D eigenvalue weighted by Gasteiger charge is 2.12. The fourth-order valence-corrected chi connectivity index (χ4v) is 2.16. The van der Waals surface area contributed by atoms with Crippen LogP contribution in [0.3, 0.4) is 0 Å². The van der Waals surface area contributed by atoms with E-state index in [-0.39, 0.29) is 6.61 Å². The van der Waals surface area contributed by atoms with Gasteiger partial charge in [-0.3, -0.25) is 0 Å². The molecule has 17 heavy (non-hydrogen) atoms. The van der Waals surface area contributed by atoms with E-state index in [0.29, 0.717) is 0 Å². The van der Waals surface area contributed by atoms with E-state index < -0.39 is 0 Å². The van der Waals surface area contributed by atoms with E-state index in [4.69, 9.17) is 0 Å². The first-order chi connectivity index (χ1) is 8.04.